The fourth-order valence-electron chi connectivity index (χ4n) is 1.67. The number of anilines is 1. The van der Waals surface area contributed by atoms with Crippen LogP contribution in [0.4, 0.5) is 5.69 Å². The first-order valence-corrected chi connectivity index (χ1v) is 7.81. The number of nitrogens with zero attached hydrogens (tertiary/aromatic N) is 1. The molecule has 0 bridgehead atoms. The van der Waals surface area contributed by atoms with Crippen molar-refractivity contribution < 1.29 is 8.42 Å². The number of halogens is 2. The fraction of sp³-hybridized carbons (Fsp3) is 0.182. The van der Waals surface area contributed by atoms with Crippen molar-refractivity contribution in [1.82, 2.24) is 10.2 Å². The Hall–Kier alpha value is -1.28. The summed E-state index contributed by atoms with van der Waals surface area (Å²) in [5.74, 6) is 0. The average Bonchev–Trinajstić information content (AvgIpc) is 2.76. The van der Waals surface area contributed by atoms with Gasteiger partial charge in [0.15, 0.2) is 0 Å². The zero-order chi connectivity index (χ0) is 14.9. The van der Waals surface area contributed by atoms with Crippen LogP contribution in [-0.2, 0) is 16.6 Å². The minimum absolute atomic E-state index is 0.0504. The second kappa shape index (κ2) is 5.61. The van der Waals surface area contributed by atoms with E-state index in [1.54, 1.807) is 13.0 Å². The molecule has 0 aliphatic carbocycles. The molecule has 108 valence electrons. The highest BCUT2D eigenvalue weighted by Gasteiger charge is 2.24. The maximum absolute atomic E-state index is 12.3. The second-order valence-electron chi connectivity index (χ2n) is 4.04. The van der Waals surface area contributed by atoms with Crippen molar-refractivity contribution in [3.05, 3.63) is 39.5 Å². The molecule has 20 heavy (non-hydrogen) atoms. The highest BCUT2D eigenvalue weighted by molar-refractivity contribution is 7.92. The lowest BCUT2D eigenvalue weighted by Crippen LogP contribution is -2.17. The van der Waals surface area contributed by atoms with E-state index in [1.807, 2.05) is 0 Å². The van der Waals surface area contributed by atoms with E-state index < -0.39 is 10.0 Å². The van der Waals surface area contributed by atoms with Gasteiger partial charge in [-0.1, -0.05) is 29.3 Å². The van der Waals surface area contributed by atoms with Crippen molar-refractivity contribution in [1.29, 1.82) is 0 Å². The minimum atomic E-state index is -3.92. The van der Waals surface area contributed by atoms with Crippen LogP contribution in [0.3, 0.4) is 0 Å². The van der Waals surface area contributed by atoms with Gasteiger partial charge in [-0.05, 0) is 19.1 Å². The van der Waals surface area contributed by atoms with Crippen LogP contribution in [-0.4, -0.2) is 18.6 Å². The lowest BCUT2D eigenvalue weighted by atomic mass is 10.3. The molecule has 1 aromatic carbocycles. The molecule has 0 saturated carbocycles. The van der Waals surface area contributed by atoms with Gasteiger partial charge in [0.2, 0.25) is 5.03 Å². The number of aromatic nitrogens is 2. The van der Waals surface area contributed by atoms with Gasteiger partial charge in [-0.2, -0.15) is 13.5 Å². The van der Waals surface area contributed by atoms with E-state index in [4.69, 9.17) is 28.9 Å². The van der Waals surface area contributed by atoms with Gasteiger partial charge in [-0.15, -0.1) is 0 Å². The smallest absolute Gasteiger partial charge is 0.281 e. The van der Waals surface area contributed by atoms with E-state index in [0.29, 0.717) is 11.3 Å². The number of rotatable bonds is 4. The Labute approximate surface area is 126 Å². The fourth-order valence-corrected chi connectivity index (χ4v) is 3.59. The largest absolute Gasteiger partial charge is 0.326 e. The third-order valence-corrected chi connectivity index (χ3v) is 4.64. The molecule has 0 fully saturated rings. The van der Waals surface area contributed by atoms with Crippen molar-refractivity contribution in [3.8, 4) is 0 Å². The summed E-state index contributed by atoms with van der Waals surface area (Å²) in [4.78, 5) is 0. The molecule has 6 nitrogen and oxygen atoms in total. The van der Waals surface area contributed by atoms with Crippen molar-refractivity contribution >= 4 is 38.9 Å². The van der Waals surface area contributed by atoms with Crippen LogP contribution in [0.25, 0.3) is 0 Å². The summed E-state index contributed by atoms with van der Waals surface area (Å²) in [7, 11) is -3.92. The highest BCUT2D eigenvalue weighted by atomic mass is 35.5. The maximum Gasteiger partial charge on any atom is 0.281 e. The molecule has 1 aromatic heterocycles. The molecule has 0 radical (unpaired) electrons. The Bertz CT molecular complexity index is 723. The van der Waals surface area contributed by atoms with Gasteiger partial charge in [0.1, 0.15) is 0 Å². The number of hydrogen-bond donors (Lipinski definition) is 3. The summed E-state index contributed by atoms with van der Waals surface area (Å²) in [6.45, 7) is 1.74. The molecule has 9 heteroatoms. The number of aryl methyl sites for hydroxylation is 1. The minimum Gasteiger partial charge on any atom is -0.326 e. The van der Waals surface area contributed by atoms with Gasteiger partial charge in [0.05, 0.1) is 15.7 Å². The summed E-state index contributed by atoms with van der Waals surface area (Å²) in [5.41, 5.74) is 6.66. The lowest BCUT2D eigenvalue weighted by molar-refractivity contribution is 0.596. The quantitative estimate of drug-likeness (QED) is 0.798. The van der Waals surface area contributed by atoms with Crippen LogP contribution >= 0.6 is 23.2 Å². The average molecular weight is 335 g/mol. The number of aromatic amines is 1. The Balaban J connectivity index is 2.46. The number of H-pyrrole nitrogens is 1. The van der Waals surface area contributed by atoms with E-state index in [9.17, 15) is 8.42 Å². The Morgan fingerprint density at radius 2 is 1.95 bits per heavy atom. The Morgan fingerprint density at radius 1 is 1.35 bits per heavy atom. The highest BCUT2D eigenvalue weighted by Crippen LogP contribution is 2.32. The zero-order valence-electron chi connectivity index (χ0n) is 10.4. The van der Waals surface area contributed by atoms with E-state index in [-0.39, 0.29) is 27.3 Å². The monoisotopic (exact) mass is 334 g/mol. The molecule has 0 saturated heterocycles. The van der Waals surface area contributed by atoms with Gasteiger partial charge in [-0.3, -0.25) is 9.82 Å². The lowest BCUT2D eigenvalue weighted by Gasteiger charge is -2.10. The molecule has 2 rings (SSSR count). The first-order valence-electron chi connectivity index (χ1n) is 5.57. The topological polar surface area (TPSA) is 101 Å². The number of sulfonamides is 1. The van der Waals surface area contributed by atoms with Crippen LogP contribution in [0, 0.1) is 6.92 Å². The standard InChI is InChI=1S/C11H12Cl2N4O2S/c1-6-7(5-14)11(16-15-6)20(18,19)17-10-8(12)3-2-4-9(10)13/h2-4,17H,5,14H2,1H3,(H,15,16). The summed E-state index contributed by atoms with van der Waals surface area (Å²) < 4.78 is 27.0. The Morgan fingerprint density at radius 3 is 2.50 bits per heavy atom. The summed E-state index contributed by atoms with van der Waals surface area (Å²) in [6.07, 6.45) is 0. The molecule has 0 aliphatic heterocycles. The Kier molecular flexibility index (Phi) is 4.24. The molecule has 0 amide bonds. The zero-order valence-corrected chi connectivity index (χ0v) is 12.8. The van der Waals surface area contributed by atoms with Crippen molar-refractivity contribution in [2.75, 3.05) is 4.72 Å². The summed E-state index contributed by atoms with van der Waals surface area (Å²) in [5, 5.41) is 6.60. The van der Waals surface area contributed by atoms with Crippen molar-refractivity contribution in [2.45, 2.75) is 18.5 Å². The number of para-hydroxylation sites is 1. The van der Waals surface area contributed by atoms with Crippen LogP contribution in [0.15, 0.2) is 23.2 Å². The molecule has 0 unspecified atom stereocenters. The normalized spacial score (nSPS) is 11.6. The molecule has 0 aliphatic rings. The summed E-state index contributed by atoms with van der Waals surface area (Å²) in [6, 6.07) is 4.68. The van der Waals surface area contributed by atoms with Gasteiger partial charge in [0, 0.05) is 17.8 Å². The van der Waals surface area contributed by atoms with Crippen molar-refractivity contribution in [3.63, 3.8) is 0 Å². The molecule has 4 N–H and O–H groups in total. The van der Waals surface area contributed by atoms with E-state index in [2.05, 4.69) is 14.9 Å². The molecule has 1 heterocycles. The van der Waals surface area contributed by atoms with Gasteiger partial charge in [0.25, 0.3) is 10.0 Å². The summed E-state index contributed by atoms with van der Waals surface area (Å²) >= 11 is 11.9. The number of benzene rings is 1. The van der Waals surface area contributed by atoms with Gasteiger partial charge in [-0.25, -0.2) is 0 Å². The van der Waals surface area contributed by atoms with Gasteiger partial charge >= 0.3 is 0 Å². The maximum atomic E-state index is 12.3. The number of nitrogens with one attached hydrogen (secondary N) is 2. The number of nitrogens with two attached hydrogens (primary N) is 1. The second-order valence-corrected chi connectivity index (χ2v) is 6.45. The molecule has 0 atom stereocenters. The van der Waals surface area contributed by atoms with Crippen LogP contribution in [0.5, 0.6) is 0 Å². The SMILES string of the molecule is Cc1[nH]nc(S(=O)(=O)Nc2c(Cl)cccc2Cl)c1CN. The first-order chi connectivity index (χ1) is 9.36. The number of hydrogen-bond acceptors (Lipinski definition) is 4. The molecular weight excluding hydrogens is 323 g/mol. The van der Waals surface area contributed by atoms with Crippen LogP contribution in [0.1, 0.15) is 11.3 Å². The van der Waals surface area contributed by atoms with E-state index in [1.165, 1.54) is 12.1 Å². The third-order valence-electron chi connectivity index (χ3n) is 2.69. The predicted molar refractivity (Wildman–Crippen MR) is 78.5 cm³/mol. The van der Waals surface area contributed by atoms with Crippen LogP contribution < -0.4 is 10.5 Å². The van der Waals surface area contributed by atoms with Gasteiger partial charge < -0.3 is 5.73 Å². The first kappa shape index (κ1) is 15.1. The molecular formula is C11H12Cl2N4O2S. The van der Waals surface area contributed by atoms with Crippen molar-refractivity contribution in [2.24, 2.45) is 5.73 Å². The van der Waals surface area contributed by atoms with E-state index in [0.717, 1.165) is 0 Å². The molecule has 0 spiro atoms. The molecule has 2 aromatic rings. The van der Waals surface area contributed by atoms with E-state index >= 15 is 0 Å². The predicted octanol–water partition coefficient (Wildman–Crippen LogP) is 2.28. The van der Waals surface area contributed by atoms with Crippen LogP contribution in [0.2, 0.25) is 10.0 Å². The third kappa shape index (κ3) is 2.76.